The van der Waals surface area contributed by atoms with Gasteiger partial charge in [0.1, 0.15) is 5.69 Å². The highest BCUT2D eigenvalue weighted by molar-refractivity contribution is 7.13. The maximum absolute atomic E-state index is 12.7. The third kappa shape index (κ3) is 3.05. The summed E-state index contributed by atoms with van der Waals surface area (Å²) in [6.45, 7) is 0.195. The van der Waals surface area contributed by atoms with Crippen molar-refractivity contribution in [1.29, 1.82) is 10.5 Å². The minimum absolute atomic E-state index is 0.195. The van der Waals surface area contributed by atoms with Gasteiger partial charge in [-0.15, -0.1) is 11.3 Å². The molecule has 5 nitrogen and oxygen atoms in total. The maximum atomic E-state index is 12.7. The van der Waals surface area contributed by atoms with E-state index in [-0.39, 0.29) is 12.1 Å². The highest BCUT2D eigenvalue weighted by Gasteiger charge is 2.16. The van der Waals surface area contributed by atoms with Gasteiger partial charge < -0.3 is 0 Å². The van der Waals surface area contributed by atoms with E-state index in [1.54, 1.807) is 17.4 Å². The summed E-state index contributed by atoms with van der Waals surface area (Å²) in [7, 11) is 0. The second kappa shape index (κ2) is 7.08. The molecule has 6 heteroatoms. The summed E-state index contributed by atoms with van der Waals surface area (Å²) in [4.78, 5) is 13.7. The number of hydrogen-bond donors (Lipinski definition) is 0. The first kappa shape index (κ1) is 15.9. The van der Waals surface area contributed by atoms with Crippen molar-refractivity contribution in [2.75, 3.05) is 0 Å². The van der Waals surface area contributed by atoms with Crippen LogP contribution in [0.2, 0.25) is 0 Å². The predicted molar refractivity (Wildman–Crippen MR) is 93.3 cm³/mol. The highest BCUT2D eigenvalue weighted by atomic mass is 32.1. The van der Waals surface area contributed by atoms with E-state index in [4.69, 9.17) is 5.26 Å². The molecule has 2 aromatic heterocycles. The second-order valence-electron chi connectivity index (χ2n) is 5.38. The molecular formula is C18H14N4OS. The zero-order valence-corrected chi connectivity index (χ0v) is 13.7. The Bertz CT molecular complexity index is 993. The van der Waals surface area contributed by atoms with Crippen LogP contribution in [-0.2, 0) is 6.54 Å². The molecule has 0 N–H and O–H groups in total. The van der Waals surface area contributed by atoms with E-state index >= 15 is 0 Å². The molecule has 3 rings (SSSR count). The molecule has 24 heavy (non-hydrogen) atoms. The maximum Gasteiger partial charge on any atom is 0.274 e. The Kier molecular flexibility index (Phi) is 4.69. The molecule has 0 amide bonds. The quantitative estimate of drug-likeness (QED) is 0.714. The third-order valence-electron chi connectivity index (χ3n) is 3.80. The third-order valence-corrected chi connectivity index (χ3v) is 4.68. The van der Waals surface area contributed by atoms with Crippen LogP contribution < -0.4 is 5.56 Å². The number of rotatable bonds is 5. The average molecular weight is 334 g/mol. The van der Waals surface area contributed by atoms with Gasteiger partial charge in [0, 0.05) is 11.8 Å². The van der Waals surface area contributed by atoms with Gasteiger partial charge in [-0.25, -0.2) is 4.68 Å². The fraction of sp³-hybridized carbons (Fsp3) is 0.222. The van der Waals surface area contributed by atoms with Gasteiger partial charge in [0.2, 0.25) is 0 Å². The van der Waals surface area contributed by atoms with Crippen LogP contribution in [0.25, 0.3) is 21.3 Å². The molecule has 0 spiro atoms. The number of thiophene rings is 1. The summed E-state index contributed by atoms with van der Waals surface area (Å²) in [5, 5.41) is 25.9. The zero-order chi connectivity index (χ0) is 16.9. The van der Waals surface area contributed by atoms with Crippen molar-refractivity contribution in [3.8, 4) is 22.7 Å². The molecule has 1 atom stereocenters. The smallest absolute Gasteiger partial charge is 0.267 e. The minimum atomic E-state index is -0.410. The molecule has 2 heterocycles. The molecule has 0 radical (unpaired) electrons. The molecule has 3 aromatic rings. The van der Waals surface area contributed by atoms with Gasteiger partial charge in [-0.1, -0.05) is 24.3 Å². The van der Waals surface area contributed by atoms with Crippen molar-refractivity contribution in [3.63, 3.8) is 0 Å². The summed E-state index contributed by atoms with van der Waals surface area (Å²) < 4.78 is 1.36. The fourth-order valence-corrected chi connectivity index (χ4v) is 3.32. The molecule has 1 unspecified atom stereocenters. The van der Waals surface area contributed by atoms with Gasteiger partial charge in [-0.3, -0.25) is 4.79 Å². The molecule has 0 aliphatic heterocycles. The first-order valence-electron chi connectivity index (χ1n) is 7.55. The van der Waals surface area contributed by atoms with Crippen LogP contribution in [0, 0.1) is 28.6 Å². The molecule has 0 bridgehead atoms. The van der Waals surface area contributed by atoms with E-state index < -0.39 is 5.92 Å². The van der Waals surface area contributed by atoms with E-state index in [1.165, 1.54) is 4.68 Å². The normalized spacial score (nSPS) is 11.8. The largest absolute Gasteiger partial charge is 0.274 e. The Morgan fingerprint density at radius 1 is 1.17 bits per heavy atom. The van der Waals surface area contributed by atoms with Crippen LogP contribution in [0.4, 0.5) is 0 Å². The Morgan fingerprint density at radius 2 is 1.96 bits per heavy atom. The topological polar surface area (TPSA) is 82.5 Å². The molecular weight excluding hydrogens is 320 g/mol. The Morgan fingerprint density at radius 3 is 2.62 bits per heavy atom. The number of nitrogens with zero attached hydrogens (tertiary/aromatic N) is 4. The van der Waals surface area contributed by atoms with Crippen molar-refractivity contribution in [2.45, 2.75) is 19.4 Å². The standard InChI is InChI=1S/C18H14N4OS/c19-9-3-5-13(11-20)12-22-18(23)15-7-2-1-6-14(15)17(21-22)16-8-4-10-24-16/h1-2,4,6-8,10,13H,3,5,12H2. The lowest BCUT2D eigenvalue weighted by atomic mass is 10.1. The van der Waals surface area contributed by atoms with E-state index in [1.807, 2.05) is 41.8 Å². The van der Waals surface area contributed by atoms with E-state index in [2.05, 4.69) is 11.2 Å². The summed E-state index contributed by atoms with van der Waals surface area (Å²) >= 11 is 1.56. The van der Waals surface area contributed by atoms with Gasteiger partial charge in [0.05, 0.1) is 34.9 Å². The number of benzene rings is 1. The Labute approximate surface area is 143 Å². The van der Waals surface area contributed by atoms with Crippen molar-refractivity contribution in [1.82, 2.24) is 9.78 Å². The molecule has 118 valence electrons. The first-order chi connectivity index (χ1) is 11.7. The lowest BCUT2D eigenvalue weighted by Gasteiger charge is -2.12. The highest BCUT2D eigenvalue weighted by Crippen LogP contribution is 2.28. The molecule has 0 saturated heterocycles. The van der Waals surface area contributed by atoms with Crippen molar-refractivity contribution in [2.24, 2.45) is 5.92 Å². The van der Waals surface area contributed by atoms with Gasteiger partial charge in [-0.2, -0.15) is 15.6 Å². The number of nitriles is 2. The van der Waals surface area contributed by atoms with Crippen LogP contribution in [0.15, 0.2) is 46.6 Å². The van der Waals surface area contributed by atoms with E-state index in [0.29, 0.717) is 18.2 Å². The molecule has 0 saturated carbocycles. The fourth-order valence-electron chi connectivity index (χ4n) is 2.60. The molecule has 0 aliphatic rings. The zero-order valence-electron chi connectivity index (χ0n) is 12.8. The first-order valence-corrected chi connectivity index (χ1v) is 8.43. The minimum Gasteiger partial charge on any atom is -0.267 e. The SMILES string of the molecule is N#CCCC(C#N)Cn1nc(-c2cccs2)c2ccccc2c1=O. The second-order valence-corrected chi connectivity index (χ2v) is 6.33. The van der Waals surface area contributed by atoms with Gasteiger partial charge in [-0.05, 0) is 23.9 Å². The van der Waals surface area contributed by atoms with E-state index in [0.717, 1.165) is 16.0 Å². The summed E-state index contributed by atoms with van der Waals surface area (Å²) in [6.07, 6.45) is 0.723. The van der Waals surface area contributed by atoms with Crippen molar-refractivity contribution >= 4 is 22.1 Å². The average Bonchev–Trinajstić information content (AvgIpc) is 3.15. The van der Waals surface area contributed by atoms with Crippen LogP contribution in [0.1, 0.15) is 12.8 Å². The summed E-state index contributed by atoms with van der Waals surface area (Å²) in [5.41, 5.74) is 0.542. The molecule has 0 aliphatic carbocycles. The van der Waals surface area contributed by atoms with Crippen LogP contribution in [0.3, 0.4) is 0 Å². The summed E-state index contributed by atoms with van der Waals surface area (Å²) in [5.74, 6) is -0.410. The molecule has 1 aromatic carbocycles. The summed E-state index contributed by atoms with van der Waals surface area (Å²) in [6, 6.07) is 15.5. The predicted octanol–water partition coefficient (Wildman–Crippen LogP) is 3.57. The van der Waals surface area contributed by atoms with Crippen LogP contribution in [0.5, 0.6) is 0 Å². The number of hydrogen-bond acceptors (Lipinski definition) is 5. The lowest BCUT2D eigenvalue weighted by Crippen LogP contribution is -2.27. The molecule has 0 fully saturated rings. The van der Waals surface area contributed by atoms with Crippen molar-refractivity contribution < 1.29 is 0 Å². The van der Waals surface area contributed by atoms with Crippen molar-refractivity contribution in [3.05, 3.63) is 52.1 Å². The van der Waals surface area contributed by atoms with Gasteiger partial charge in [0.15, 0.2) is 0 Å². The van der Waals surface area contributed by atoms with Crippen LogP contribution in [-0.4, -0.2) is 9.78 Å². The Hall–Kier alpha value is -2.96. The van der Waals surface area contributed by atoms with Gasteiger partial charge in [0.25, 0.3) is 5.56 Å². The van der Waals surface area contributed by atoms with Gasteiger partial charge >= 0.3 is 0 Å². The lowest BCUT2D eigenvalue weighted by molar-refractivity contribution is 0.463. The van der Waals surface area contributed by atoms with Crippen LogP contribution >= 0.6 is 11.3 Å². The number of fused-ring (bicyclic) bond motifs is 1. The monoisotopic (exact) mass is 334 g/mol. The van der Waals surface area contributed by atoms with E-state index in [9.17, 15) is 10.1 Å². The number of aromatic nitrogens is 2. The Balaban J connectivity index is 2.12.